The first-order valence-electron chi connectivity index (χ1n) is 6.02. The number of benzene rings is 2. The van der Waals surface area contributed by atoms with Gasteiger partial charge in [-0.15, -0.1) is 22.2 Å². The maximum Gasteiger partial charge on any atom is 0.296 e. The summed E-state index contributed by atoms with van der Waals surface area (Å²) in [6.45, 7) is -2.49. The van der Waals surface area contributed by atoms with Crippen molar-refractivity contribution >= 4 is 41.0 Å². The molecule has 19 heavy (non-hydrogen) atoms. The third-order valence-electron chi connectivity index (χ3n) is 2.60. The van der Waals surface area contributed by atoms with Crippen LogP contribution in [0.15, 0.2) is 72.1 Å². The molecule has 96 valence electrons. The number of halogens is 2. The molecular formula is C16H14Cl2Si. The van der Waals surface area contributed by atoms with Gasteiger partial charge in [-0.25, -0.2) is 0 Å². The average Bonchev–Trinajstić information content (AvgIpc) is 2.46. The summed E-state index contributed by atoms with van der Waals surface area (Å²) in [5, 5.41) is 0. The van der Waals surface area contributed by atoms with Crippen LogP contribution in [0, 0.1) is 0 Å². The molecule has 0 fully saturated rings. The molecule has 2 rings (SSSR count). The summed E-state index contributed by atoms with van der Waals surface area (Å²) in [7, 11) is 0. The minimum absolute atomic E-state index is 1.11. The van der Waals surface area contributed by atoms with E-state index in [9.17, 15) is 0 Å². The Labute approximate surface area is 124 Å². The van der Waals surface area contributed by atoms with Gasteiger partial charge in [0.25, 0.3) is 6.69 Å². The standard InChI is InChI=1S/C16H14Cl2Si/c17-19(18,13-11-15-7-3-1-4-8-15)14-12-16-9-5-2-6-10-16/h1-14H. The maximum absolute atomic E-state index is 6.37. The van der Waals surface area contributed by atoms with Crippen molar-refractivity contribution in [3.63, 3.8) is 0 Å². The van der Waals surface area contributed by atoms with Crippen LogP contribution in [0.4, 0.5) is 0 Å². The quantitative estimate of drug-likeness (QED) is 0.523. The molecule has 0 spiro atoms. The molecular weight excluding hydrogens is 291 g/mol. The molecule has 0 atom stereocenters. The van der Waals surface area contributed by atoms with E-state index in [2.05, 4.69) is 0 Å². The Morgan fingerprint density at radius 1 is 0.632 bits per heavy atom. The van der Waals surface area contributed by atoms with E-state index < -0.39 is 6.69 Å². The van der Waals surface area contributed by atoms with Crippen molar-refractivity contribution in [3.05, 3.63) is 83.2 Å². The molecule has 0 N–H and O–H groups in total. The fraction of sp³-hybridized carbons (Fsp3) is 0. The molecule has 2 aromatic carbocycles. The topological polar surface area (TPSA) is 0 Å². The third-order valence-corrected chi connectivity index (χ3v) is 5.33. The van der Waals surface area contributed by atoms with E-state index in [0.717, 1.165) is 11.1 Å². The molecule has 0 nitrogen and oxygen atoms in total. The summed E-state index contributed by atoms with van der Waals surface area (Å²) in [4.78, 5) is 0. The van der Waals surface area contributed by atoms with Crippen molar-refractivity contribution in [2.75, 3.05) is 0 Å². The largest absolute Gasteiger partial charge is 0.296 e. The predicted molar refractivity (Wildman–Crippen MR) is 88.4 cm³/mol. The van der Waals surface area contributed by atoms with E-state index in [1.165, 1.54) is 0 Å². The highest BCUT2D eigenvalue weighted by Gasteiger charge is 2.20. The van der Waals surface area contributed by atoms with Gasteiger partial charge in [-0.3, -0.25) is 0 Å². The lowest BCUT2D eigenvalue weighted by Crippen LogP contribution is -2.11. The van der Waals surface area contributed by atoms with Crippen LogP contribution in [0.3, 0.4) is 0 Å². The Morgan fingerprint density at radius 3 is 1.37 bits per heavy atom. The molecule has 0 unspecified atom stereocenters. The molecule has 2 aromatic rings. The van der Waals surface area contributed by atoms with Crippen LogP contribution < -0.4 is 0 Å². The van der Waals surface area contributed by atoms with Gasteiger partial charge in [0.1, 0.15) is 0 Å². The minimum atomic E-state index is -2.49. The molecule has 0 aliphatic heterocycles. The molecule has 0 aliphatic carbocycles. The van der Waals surface area contributed by atoms with Crippen LogP contribution >= 0.6 is 22.2 Å². The second-order valence-electron chi connectivity index (χ2n) is 4.16. The summed E-state index contributed by atoms with van der Waals surface area (Å²) >= 11 is 12.7. The molecule has 0 aliphatic rings. The fourth-order valence-corrected chi connectivity index (χ4v) is 3.29. The van der Waals surface area contributed by atoms with Crippen molar-refractivity contribution in [1.82, 2.24) is 0 Å². The second kappa shape index (κ2) is 6.76. The summed E-state index contributed by atoms with van der Waals surface area (Å²) in [6.07, 6.45) is 3.95. The lowest BCUT2D eigenvalue weighted by Gasteiger charge is -2.05. The van der Waals surface area contributed by atoms with E-state index >= 15 is 0 Å². The van der Waals surface area contributed by atoms with Crippen LogP contribution in [-0.4, -0.2) is 6.69 Å². The molecule has 3 heteroatoms. The van der Waals surface area contributed by atoms with Gasteiger partial charge in [0.05, 0.1) is 0 Å². The van der Waals surface area contributed by atoms with Gasteiger partial charge in [0, 0.05) is 0 Å². The SMILES string of the molecule is Cl[Si](Cl)(C=Cc1ccccc1)C=Cc1ccccc1. The smallest absolute Gasteiger partial charge is 0.135 e. The highest BCUT2D eigenvalue weighted by Crippen LogP contribution is 2.21. The Balaban J connectivity index is 2.06. The Bertz CT molecular complexity index is 508. The number of rotatable bonds is 4. The molecule has 0 radical (unpaired) electrons. The number of hydrogen-bond acceptors (Lipinski definition) is 0. The predicted octanol–water partition coefficient (Wildman–Crippen LogP) is 5.41. The first-order chi connectivity index (χ1) is 9.16. The second-order valence-corrected chi connectivity index (χ2v) is 10.5. The maximum atomic E-state index is 6.37. The van der Waals surface area contributed by atoms with Crippen LogP contribution in [0.5, 0.6) is 0 Å². The van der Waals surface area contributed by atoms with Crippen molar-refractivity contribution in [3.8, 4) is 0 Å². The molecule has 0 saturated heterocycles. The fourth-order valence-electron chi connectivity index (χ4n) is 1.60. The van der Waals surface area contributed by atoms with Gasteiger partial charge < -0.3 is 0 Å². The normalized spacial score (nSPS) is 12.3. The summed E-state index contributed by atoms with van der Waals surface area (Å²) in [5.41, 5.74) is 6.03. The van der Waals surface area contributed by atoms with E-state index in [0.29, 0.717) is 0 Å². The summed E-state index contributed by atoms with van der Waals surface area (Å²) < 4.78 is 0. The van der Waals surface area contributed by atoms with Crippen molar-refractivity contribution < 1.29 is 0 Å². The van der Waals surface area contributed by atoms with Crippen molar-refractivity contribution in [2.24, 2.45) is 0 Å². The Hall–Kier alpha value is -1.28. The zero-order chi connectivity index (χ0) is 13.6. The van der Waals surface area contributed by atoms with Crippen LogP contribution in [0.2, 0.25) is 0 Å². The monoisotopic (exact) mass is 304 g/mol. The summed E-state index contributed by atoms with van der Waals surface area (Å²) in [6, 6.07) is 20.0. The van der Waals surface area contributed by atoms with E-state index in [-0.39, 0.29) is 0 Å². The molecule has 0 heterocycles. The highest BCUT2D eigenvalue weighted by molar-refractivity contribution is 7.50. The highest BCUT2D eigenvalue weighted by atomic mass is 35.7. The number of hydrogen-bond donors (Lipinski definition) is 0. The third kappa shape index (κ3) is 5.07. The molecule has 0 bridgehead atoms. The first kappa shape index (κ1) is 14.1. The van der Waals surface area contributed by atoms with Gasteiger partial charge in [-0.2, -0.15) is 0 Å². The Kier molecular flexibility index (Phi) is 5.03. The van der Waals surface area contributed by atoms with Crippen LogP contribution in [0.25, 0.3) is 12.2 Å². The summed E-state index contributed by atoms with van der Waals surface area (Å²) in [5.74, 6) is 0. The van der Waals surface area contributed by atoms with Gasteiger partial charge in [0.2, 0.25) is 0 Å². The van der Waals surface area contributed by atoms with Crippen molar-refractivity contribution in [1.29, 1.82) is 0 Å². The van der Waals surface area contributed by atoms with Crippen molar-refractivity contribution in [2.45, 2.75) is 0 Å². The molecule has 0 saturated carbocycles. The minimum Gasteiger partial charge on any atom is -0.135 e. The van der Waals surface area contributed by atoms with Crippen LogP contribution in [0.1, 0.15) is 11.1 Å². The molecule has 0 amide bonds. The zero-order valence-electron chi connectivity index (χ0n) is 10.3. The van der Waals surface area contributed by atoms with Gasteiger partial charge in [-0.05, 0) is 11.1 Å². The Morgan fingerprint density at radius 2 is 1.00 bits per heavy atom. The lowest BCUT2D eigenvalue weighted by atomic mass is 10.2. The van der Waals surface area contributed by atoms with Gasteiger partial charge in [0.15, 0.2) is 0 Å². The van der Waals surface area contributed by atoms with E-state index in [4.69, 9.17) is 22.2 Å². The lowest BCUT2D eigenvalue weighted by molar-refractivity contribution is 1.66. The zero-order valence-corrected chi connectivity index (χ0v) is 12.9. The van der Waals surface area contributed by atoms with E-state index in [1.54, 1.807) is 0 Å². The van der Waals surface area contributed by atoms with Gasteiger partial charge in [-0.1, -0.05) is 84.2 Å². The van der Waals surface area contributed by atoms with E-state index in [1.807, 2.05) is 84.2 Å². The molecule has 0 aromatic heterocycles. The van der Waals surface area contributed by atoms with Gasteiger partial charge >= 0.3 is 0 Å². The first-order valence-corrected chi connectivity index (χ1v) is 10.2. The van der Waals surface area contributed by atoms with Crippen LogP contribution in [-0.2, 0) is 0 Å². The average molecular weight is 305 g/mol.